The van der Waals surface area contributed by atoms with Gasteiger partial charge in [-0.25, -0.2) is 0 Å². The van der Waals surface area contributed by atoms with E-state index < -0.39 is 0 Å². The van der Waals surface area contributed by atoms with E-state index >= 15 is 0 Å². The smallest absolute Gasteiger partial charge is 0.119 e. The molecule has 1 aliphatic rings. The Morgan fingerprint density at radius 3 is 2.63 bits per heavy atom. The summed E-state index contributed by atoms with van der Waals surface area (Å²) >= 11 is 5.83. The third-order valence-electron chi connectivity index (χ3n) is 3.20. The predicted molar refractivity (Wildman–Crippen MR) is 78.0 cm³/mol. The first-order valence-corrected chi connectivity index (χ1v) is 7.28. The van der Waals surface area contributed by atoms with Crippen LogP contribution in [0.5, 0.6) is 5.75 Å². The molecule has 2 unspecified atom stereocenters. The van der Waals surface area contributed by atoms with Gasteiger partial charge in [-0.15, -0.1) is 0 Å². The molecule has 4 heteroatoms. The van der Waals surface area contributed by atoms with Crippen LogP contribution >= 0.6 is 11.6 Å². The second kappa shape index (κ2) is 7.13. The lowest BCUT2D eigenvalue weighted by Crippen LogP contribution is -2.32. The topological polar surface area (TPSA) is 30.5 Å². The van der Waals surface area contributed by atoms with Gasteiger partial charge in [0, 0.05) is 17.6 Å². The van der Waals surface area contributed by atoms with Crippen LogP contribution in [0.15, 0.2) is 24.3 Å². The molecule has 1 aromatic carbocycles. The normalized spacial score (nSPS) is 22.9. The largest absolute Gasteiger partial charge is 0.491 e. The molecule has 0 spiro atoms. The fourth-order valence-corrected chi connectivity index (χ4v) is 2.27. The lowest BCUT2D eigenvalue weighted by atomic mass is 10.2. The lowest BCUT2D eigenvalue weighted by Gasteiger charge is -2.16. The predicted octanol–water partition coefficient (Wildman–Crippen LogP) is 3.26. The highest BCUT2D eigenvalue weighted by atomic mass is 35.5. The van der Waals surface area contributed by atoms with E-state index in [-0.39, 0.29) is 6.10 Å². The zero-order valence-electron chi connectivity index (χ0n) is 11.6. The minimum Gasteiger partial charge on any atom is -0.491 e. The molecule has 1 saturated heterocycles. The minimum absolute atomic E-state index is 0.203. The average Bonchev–Trinajstić information content (AvgIpc) is 2.84. The summed E-state index contributed by atoms with van der Waals surface area (Å²) < 4.78 is 11.7. The van der Waals surface area contributed by atoms with Gasteiger partial charge in [0.25, 0.3) is 0 Å². The SMILES string of the molecule is CC(C)NCC1CCC(COc2ccc(Cl)cc2)O1. The van der Waals surface area contributed by atoms with Crippen LogP contribution in [0.3, 0.4) is 0 Å². The molecule has 0 radical (unpaired) electrons. The lowest BCUT2D eigenvalue weighted by molar-refractivity contribution is 0.0178. The van der Waals surface area contributed by atoms with Gasteiger partial charge in [0.15, 0.2) is 0 Å². The van der Waals surface area contributed by atoms with Gasteiger partial charge in [-0.2, -0.15) is 0 Å². The maximum absolute atomic E-state index is 5.94. The van der Waals surface area contributed by atoms with Gasteiger partial charge in [-0.3, -0.25) is 0 Å². The van der Waals surface area contributed by atoms with E-state index in [1.807, 2.05) is 24.3 Å². The highest BCUT2D eigenvalue weighted by Crippen LogP contribution is 2.21. The van der Waals surface area contributed by atoms with Crippen molar-refractivity contribution in [2.24, 2.45) is 0 Å². The van der Waals surface area contributed by atoms with E-state index in [2.05, 4.69) is 19.2 Å². The van der Waals surface area contributed by atoms with Crippen LogP contribution in [0.4, 0.5) is 0 Å². The molecule has 2 atom stereocenters. The van der Waals surface area contributed by atoms with Crippen molar-refractivity contribution < 1.29 is 9.47 Å². The molecule has 1 fully saturated rings. The molecule has 3 nitrogen and oxygen atoms in total. The Labute approximate surface area is 120 Å². The second-order valence-electron chi connectivity index (χ2n) is 5.29. The fraction of sp³-hybridized carbons (Fsp3) is 0.600. The summed E-state index contributed by atoms with van der Waals surface area (Å²) in [5.74, 6) is 0.844. The number of ether oxygens (including phenoxy) is 2. The molecule has 0 amide bonds. The summed E-state index contributed by atoms with van der Waals surface area (Å²) in [5.41, 5.74) is 0. The highest BCUT2D eigenvalue weighted by Gasteiger charge is 2.25. The van der Waals surface area contributed by atoms with Crippen molar-refractivity contribution in [3.8, 4) is 5.75 Å². The van der Waals surface area contributed by atoms with Crippen molar-refractivity contribution >= 4 is 11.6 Å². The molecule has 0 aliphatic carbocycles. The fourth-order valence-electron chi connectivity index (χ4n) is 2.14. The summed E-state index contributed by atoms with van der Waals surface area (Å²) in [4.78, 5) is 0. The second-order valence-corrected chi connectivity index (χ2v) is 5.72. The quantitative estimate of drug-likeness (QED) is 0.869. The molecule has 0 aromatic heterocycles. The Balaban J connectivity index is 1.69. The van der Waals surface area contributed by atoms with Crippen molar-refractivity contribution in [1.82, 2.24) is 5.32 Å². The van der Waals surface area contributed by atoms with Crippen LogP contribution in [0.25, 0.3) is 0 Å². The van der Waals surface area contributed by atoms with Crippen LogP contribution in [-0.2, 0) is 4.74 Å². The van der Waals surface area contributed by atoms with Crippen molar-refractivity contribution in [3.63, 3.8) is 0 Å². The van der Waals surface area contributed by atoms with Crippen molar-refractivity contribution in [2.75, 3.05) is 13.2 Å². The van der Waals surface area contributed by atoms with Crippen LogP contribution < -0.4 is 10.1 Å². The summed E-state index contributed by atoms with van der Waals surface area (Å²) in [7, 11) is 0. The zero-order valence-corrected chi connectivity index (χ0v) is 12.3. The third-order valence-corrected chi connectivity index (χ3v) is 3.45. The van der Waals surface area contributed by atoms with Crippen molar-refractivity contribution in [3.05, 3.63) is 29.3 Å². The molecule has 1 N–H and O–H groups in total. The number of halogens is 1. The van der Waals surface area contributed by atoms with Gasteiger partial charge >= 0.3 is 0 Å². The average molecular weight is 284 g/mol. The van der Waals surface area contributed by atoms with E-state index in [1.165, 1.54) is 0 Å². The Hall–Kier alpha value is -0.770. The van der Waals surface area contributed by atoms with Crippen LogP contribution in [0.1, 0.15) is 26.7 Å². The van der Waals surface area contributed by atoms with E-state index in [4.69, 9.17) is 21.1 Å². The first kappa shape index (κ1) is 14.6. The number of nitrogens with one attached hydrogen (secondary N) is 1. The first-order chi connectivity index (χ1) is 9.13. The van der Waals surface area contributed by atoms with Crippen LogP contribution in [-0.4, -0.2) is 31.4 Å². The Morgan fingerprint density at radius 1 is 1.26 bits per heavy atom. The van der Waals surface area contributed by atoms with E-state index in [0.29, 0.717) is 18.8 Å². The number of hydrogen-bond donors (Lipinski definition) is 1. The van der Waals surface area contributed by atoms with E-state index in [9.17, 15) is 0 Å². The maximum Gasteiger partial charge on any atom is 0.119 e. The van der Waals surface area contributed by atoms with Gasteiger partial charge in [-0.05, 0) is 37.1 Å². The van der Waals surface area contributed by atoms with Crippen molar-refractivity contribution in [1.29, 1.82) is 0 Å². The van der Waals surface area contributed by atoms with Gasteiger partial charge in [0.05, 0.1) is 12.2 Å². The Kier molecular flexibility index (Phi) is 5.49. The molecule has 1 aliphatic heterocycles. The van der Waals surface area contributed by atoms with Crippen LogP contribution in [0, 0.1) is 0 Å². The molecule has 0 bridgehead atoms. The molecular formula is C15H22ClNO2. The summed E-state index contributed by atoms with van der Waals surface area (Å²) in [6.07, 6.45) is 2.70. The van der Waals surface area contributed by atoms with Gasteiger partial charge in [0.2, 0.25) is 0 Å². The standard InChI is InChI=1S/C15H22ClNO2/c1-11(2)17-9-14-7-8-15(19-14)10-18-13-5-3-12(16)4-6-13/h3-6,11,14-15,17H,7-10H2,1-2H3. The monoisotopic (exact) mass is 283 g/mol. The van der Waals surface area contributed by atoms with E-state index in [0.717, 1.165) is 30.2 Å². The number of rotatable bonds is 6. The van der Waals surface area contributed by atoms with Crippen molar-refractivity contribution in [2.45, 2.75) is 44.9 Å². The number of hydrogen-bond acceptors (Lipinski definition) is 3. The number of benzene rings is 1. The maximum atomic E-state index is 5.94. The van der Waals surface area contributed by atoms with Gasteiger partial charge in [-0.1, -0.05) is 25.4 Å². The summed E-state index contributed by atoms with van der Waals surface area (Å²) in [6, 6.07) is 7.95. The third kappa shape index (κ3) is 5.01. The molecule has 106 valence electrons. The minimum atomic E-state index is 0.203. The molecule has 2 rings (SSSR count). The summed E-state index contributed by atoms with van der Waals surface area (Å²) in [6.45, 7) is 5.83. The summed E-state index contributed by atoms with van der Waals surface area (Å²) in [5, 5.41) is 4.13. The first-order valence-electron chi connectivity index (χ1n) is 6.90. The van der Waals surface area contributed by atoms with Gasteiger partial charge in [0.1, 0.15) is 12.4 Å². The zero-order chi connectivity index (χ0) is 13.7. The Bertz CT molecular complexity index is 380. The van der Waals surface area contributed by atoms with Gasteiger partial charge < -0.3 is 14.8 Å². The molecule has 19 heavy (non-hydrogen) atoms. The molecule has 0 saturated carbocycles. The molecular weight excluding hydrogens is 262 g/mol. The molecule has 1 aromatic rings. The highest BCUT2D eigenvalue weighted by molar-refractivity contribution is 6.30. The van der Waals surface area contributed by atoms with E-state index in [1.54, 1.807) is 0 Å². The Morgan fingerprint density at radius 2 is 1.95 bits per heavy atom. The van der Waals surface area contributed by atoms with Crippen LogP contribution in [0.2, 0.25) is 5.02 Å². The molecule has 1 heterocycles.